The molecule has 0 spiro atoms. The maximum Gasteiger partial charge on any atom is 0.351 e. The first-order valence-electron chi connectivity index (χ1n) is 7.91. The summed E-state index contributed by atoms with van der Waals surface area (Å²) < 4.78 is 16.4. The van der Waals surface area contributed by atoms with E-state index >= 15 is 0 Å². The van der Waals surface area contributed by atoms with Crippen LogP contribution in [0.25, 0.3) is 21.9 Å². The fourth-order valence-corrected chi connectivity index (χ4v) is 3.15. The van der Waals surface area contributed by atoms with E-state index in [-0.39, 0.29) is 11.3 Å². The van der Waals surface area contributed by atoms with Gasteiger partial charge < -0.3 is 13.6 Å². The zero-order valence-corrected chi connectivity index (χ0v) is 15.5. The lowest BCUT2D eigenvalue weighted by Crippen LogP contribution is -2.18. The predicted octanol–water partition coefficient (Wildman–Crippen LogP) is 4.19. The molecule has 4 aromatic rings. The first-order valence-corrected chi connectivity index (χ1v) is 8.70. The maximum absolute atomic E-state index is 12.4. The summed E-state index contributed by atoms with van der Waals surface area (Å²) in [5, 5.41) is 1.31. The van der Waals surface area contributed by atoms with Gasteiger partial charge in [0.15, 0.2) is 0 Å². The highest BCUT2D eigenvalue weighted by Crippen LogP contribution is 2.24. The number of esters is 1. The Morgan fingerprint density at radius 2 is 1.78 bits per heavy atom. The van der Waals surface area contributed by atoms with Crippen LogP contribution in [0.15, 0.2) is 71.4 Å². The molecule has 0 fully saturated rings. The number of ether oxygens (including phenoxy) is 1. The quantitative estimate of drug-likeness (QED) is 0.271. The summed E-state index contributed by atoms with van der Waals surface area (Å²) in [4.78, 5) is 36.1. The van der Waals surface area contributed by atoms with Crippen LogP contribution in [-0.2, 0) is 0 Å². The van der Waals surface area contributed by atoms with Crippen molar-refractivity contribution >= 4 is 43.8 Å². The molecule has 2 heterocycles. The minimum Gasteiger partial charge on any atom is -0.423 e. The number of rotatable bonds is 2. The lowest BCUT2D eigenvalue weighted by molar-refractivity contribution is 0.0730. The van der Waals surface area contributed by atoms with E-state index in [0.29, 0.717) is 16.6 Å². The molecule has 0 bridgehead atoms. The molecule has 0 saturated heterocycles. The first kappa shape index (κ1) is 17.2. The fourth-order valence-electron chi connectivity index (χ4n) is 2.77. The molecule has 0 atom stereocenters. The average Bonchev–Trinajstić information content (AvgIpc) is 2.61. The third-order valence-corrected chi connectivity index (χ3v) is 4.54. The van der Waals surface area contributed by atoms with Gasteiger partial charge in [0.1, 0.15) is 22.5 Å². The highest BCUT2D eigenvalue weighted by molar-refractivity contribution is 9.10. The van der Waals surface area contributed by atoms with E-state index in [0.717, 1.165) is 15.4 Å². The van der Waals surface area contributed by atoms with Crippen molar-refractivity contribution in [2.75, 3.05) is 0 Å². The fraction of sp³-hybridized carbons (Fsp3) is 0.0500. The molecule has 0 saturated carbocycles. The number of halogens is 1. The van der Waals surface area contributed by atoms with Gasteiger partial charge in [-0.15, -0.1) is 0 Å². The summed E-state index contributed by atoms with van der Waals surface area (Å²) in [5.74, 6) is -0.713. The van der Waals surface area contributed by atoms with Gasteiger partial charge in [-0.1, -0.05) is 15.9 Å². The molecule has 0 aliphatic carbocycles. The Bertz CT molecular complexity index is 1330. The van der Waals surface area contributed by atoms with Gasteiger partial charge in [-0.3, -0.25) is 0 Å². The van der Waals surface area contributed by atoms with E-state index in [9.17, 15) is 14.4 Å². The van der Waals surface area contributed by atoms with E-state index in [4.69, 9.17) is 13.6 Å². The van der Waals surface area contributed by atoms with E-state index in [2.05, 4.69) is 15.9 Å². The van der Waals surface area contributed by atoms with Gasteiger partial charge in [0.05, 0.1) is 0 Å². The normalized spacial score (nSPS) is 11.0. The van der Waals surface area contributed by atoms with Crippen LogP contribution in [0.5, 0.6) is 5.75 Å². The van der Waals surface area contributed by atoms with E-state index < -0.39 is 17.2 Å². The van der Waals surface area contributed by atoms with Crippen molar-refractivity contribution in [2.24, 2.45) is 0 Å². The molecule has 2 aromatic carbocycles. The molecular weight excluding hydrogens is 416 g/mol. The molecule has 0 amide bonds. The Kier molecular flexibility index (Phi) is 4.16. The highest BCUT2D eigenvalue weighted by Gasteiger charge is 2.17. The smallest absolute Gasteiger partial charge is 0.351 e. The van der Waals surface area contributed by atoms with Crippen molar-refractivity contribution in [1.29, 1.82) is 0 Å². The Labute approximate surface area is 160 Å². The molecule has 0 aliphatic rings. The van der Waals surface area contributed by atoms with Crippen LogP contribution in [0.1, 0.15) is 15.9 Å². The van der Waals surface area contributed by atoms with Crippen molar-refractivity contribution < 1.29 is 18.4 Å². The number of hydrogen-bond donors (Lipinski definition) is 0. The van der Waals surface area contributed by atoms with Gasteiger partial charge in [-0.25, -0.2) is 14.4 Å². The van der Waals surface area contributed by atoms with Gasteiger partial charge in [0, 0.05) is 27.4 Å². The lowest BCUT2D eigenvalue weighted by Gasteiger charge is -2.06. The van der Waals surface area contributed by atoms with E-state index in [1.54, 1.807) is 37.3 Å². The first-order chi connectivity index (χ1) is 12.9. The second-order valence-corrected chi connectivity index (χ2v) is 6.84. The minimum atomic E-state index is -0.861. The second-order valence-electron chi connectivity index (χ2n) is 5.93. The standard InChI is InChI=1S/C20H11BrO6/c1-10-6-18(22)26-17-9-13(3-4-14(10)17)25-19(23)15-8-11-7-12(21)2-5-16(11)27-20(15)24/h2-9H,1H3. The molecule has 134 valence electrons. The topological polar surface area (TPSA) is 86.7 Å². The SMILES string of the molecule is Cc1cc(=O)oc2cc(OC(=O)c3cc4cc(Br)ccc4oc3=O)ccc12. The van der Waals surface area contributed by atoms with Crippen LogP contribution in [0.3, 0.4) is 0 Å². The molecule has 6 nitrogen and oxygen atoms in total. The molecule has 4 rings (SSSR count). The molecule has 0 aliphatic heterocycles. The Morgan fingerprint density at radius 1 is 0.963 bits per heavy atom. The van der Waals surface area contributed by atoms with Crippen LogP contribution >= 0.6 is 15.9 Å². The number of hydrogen-bond acceptors (Lipinski definition) is 6. The summed E-state index contributed by atoms with van der Waals surface area (Å²) in [6.07, 6.45) is 0. The van der Waals surface area contributed by atoms with Gasteiger partial charge in [0.25, 0.3) is 0 Å². The monoisotopic (exact) mass is 426 g/mol. The van der Waals surface area contributed by atoms with E-state index in [1.165, 1.54) is 18.2 Å². The maximum atomic E-state index is 12.4. The van der Waals surface area contributed by atoms with Crippen LogP contribution in [0.2, 0.25) is 0 Å². The van der Waals surface area contributed by atoms with Gasteiger partial charge >= 0.3 is 17.2 Å². The Hall–Kier alpha value is -3.19. The minimum absolute atomic E-state index is 0.148. The lowest BCUT2D eigenvalue weighted by atomic mass is 10.1. The second kappa shape index (κ2) is 6.51. The molecule has 2 aromatic heterocycles. The molecule has 0 N–H and O–H groups in total. The van der Waals surface area contributed by atoms with Crippen molar-refractivity contribution in [2.45, 2.75) is 6.92 Å². The van der Waals surface area contributed by atoms with Gasteiger partial charge in [-0.05, 0) is 48.9 Å². The zero-order valence-electron chi connectivity index (χ0n) is 13.9. The summed E-state index contributed by atoms with van der Waals surface area (Å²) in [6, 6.07) is 12.6. The highest BCUT2D eigenvalue weighted by atomic mass is 79.9. The number of aryl methyl sites for hydroxylation is 1. The molecule has 27 heavy (non-hydrogen) atoms. The average molecular weight is 427 g/mol. The summed E-state index contributed by atoms with van der Waals surface area (Å²) in [5.41, 5.74) is -0.115. The van der Waals surface area contributed by atoms with Gasteiger partial charge in [0.2, 0.25) is 0 Å². The molecule has 0 radical (unpaired) electrons. The van der Waals surface area contributed by atoms with Crippen LogP contribution in [0.4, 0.5) is 0 Å². The van der Waals surface area contributed by atoms with Crippen molar-refractivity contribution in [3.8, 4) is 5.75 Å². The molecule has 7 heteroatoms. The summed E-state index contributed by atoms with van der Waals surface area (Å²) in [6.45, 7) is 1.78. The van der Waals surface area contributed by atoms with Crippen molar-refractivity contribution in [1.82, 2.24) is 0 Å². The Morgan fingerprint density at radius 3 is 2.59 bits per heavy atom. The summed E-state index contributed by atoms with van der Waals surface area (Å²) >= 11 is 3.33. The predicted molar refractivity (Wildman–Crippen MR) is 102 cm³/mol. The number of carbonyl (C=O) groups excluding carboxylic acids is 1. The van der Waals surface area contributed by atoms with E-state index in [1.807, 2.05) is 0 Å². The molecular formula is C20H11BrO6. The van der Waals surface area contributed by atoms with Crippen molar-refractivity contribution in [3.63, 3.8) is 0 Å². The molecule has 0 unspecified atom stereocenters. The van der Waals surface area contributed by atoms with Gasteiger partial charge in [-0.2, -0.15) is 0 Å². The van der Waals surface area contributed by atoms with Crippen LogP contribution in [-0.4, -0.2) is 5.97 Å². The Balaban J connectivity index is 1.72. The third kappa shape index (κ3) is 3.29. The zero-order chi connectivity index (χ0) is 19.1. The van der Waals surface area contributed by atoms with Crippen LogP contribution in [0, 0.1) is 6.92 Å². The van der Waals surface area contributed by atoms with Crippen molar-refractivity contribution in [3.05, 3.63) is 85.0 Å². The number of carbonyl (C=O) groups is 1. The van der Waals surface area contributed by atoms with Crippen LogP contribution < -0.4 is 16.0 Å². The number of benzene rings is 2. The largest absolute Gasteiger partial charge is 0.423 e. The summed E-state index contributed by atoms with van der Waals surface area (Å²) in [7, 11) is 0. The number of fused-ring (bicyclic) bond motifs is 2. The third-order valence-electron chi connectivity index (χ3n) is 4.05.